The molecular formula is C22H23F3N2O3. The van der Waals surface area contributed by atoms with Gasteiger partial charge >= 0.3 is 6.18 Å². The first-order chi connectivity index (χ1) is 14.4. The van der Waals surface area contributed by atoms with Crippen LogP contribution in [-0.4, -0.2) is 48.2 Å². The third kappa shape index (κ3) is 4.14. The largest absolute Gasteiger partial charge is 0.472 e. The van der Waals surface area contributed by atoms with Crippen LogP contribution in [-0.2, 0) is 21.1 Å². The Hall–Kier alpha value is -2.61. The second-order valence-corrected chi connectivity index (χ2v) is 7.72. The molecule has 0 aliphatic carbocycles. The lowest BCUT2D eigenvalue weighted by Crippen LogP contribution is -2.49. The quantitative estimate of drug-likeness (QED) is 0.755. The summed E-state index contributed by atoms with van der Waals surface area (Å²) in [5.74, 6) is -0.0481. The average Bonchev–Trinajstić information content (AvgIpc) is 3.22. The number of pyridine rings is 1. The van der Waals surface area contributed by atoms with Crippen molar-refractivity contribution in [3.63, 3.8) is 0 Å². The minimum Gasteiger partial charge on any atom is -0.472 e. The number of carbonyl (C=O) groups excluding carboxylic acids is 1. The summed E-state index contributed by atoms with van der Waals surface area (Å²) in [6.07, 6.45) is -2.00. The standard InChI is InChI=1S/C22H23F3N2O3/c23-22(24,25)17-6-10-26-19(14-17)30-18-7-11-27(15-18)20(28)21(8-12-29-13-9-21)16-4-2-1-3-5-16/h1-6,10,14,18H,7-9,11-13,15H2. The van der Waals surface area contributed by atoms with E-state index in [-0.39, 0.29) is 11.8 Å². The van der Waals surface area contributed by atoms with Crippen LogP contribution >= 0.6 is 0 Å². The van der Waals surface area contributed by atoms with Gasteiger partial charge in [-0.15, -0.1) is 0 Å². The Morgan fingerprint density at radius 3 is 2.60 bits per heavy atom. The molecule has 160 valence electrons. The third-order valence-corrected chi connectivity index (χ3v) is 5.86. The van der Waals surface area contributed by atoms with Gasteiger partial charge in [0.1, 0.15) is 6.10 Å². The molecule has 1 amide bonds. The average molecular weight is 420 g/mol. The lowest BCUT2D eigenvalue weighted by atomic mass is 9.73. The fraction of sp³-hybridized carbons (Fsp3) is 0.455. The maximum atomic E-state index is 13.6. The van der Waals surface area contributed by atoms with Crippen LogP contribution in [0.1, 0.15) is 30.4 Å². The summed E-state index contributed by atoms with van der Waals surface area (Å²) in [6, 6.07) is 11.5. The van der Waals surface area contributed by atoms with Gasteiger partial charge in [0.25, 0.3) is 0 Å². The summed E-state index contributed by atoms with van der Waals surface area (Å²) in [5.41, 5.74) is -0.464. The fourth-order valence-electron chi connectivity index (χ4n) is 4.24. The molecule has 2 aliphatic rings. The minimum absolute atomic E-state index is 0.0279. The Morgan fingerprint density at radius 1 is 1.17 bits per heavy atom. The third-order valence-electron chi connectivity index (χ3n) is 5.86. The number of ether oxygens (including phenoxy) is 2. The van der Waals surface area contributed by atoms with E-state index in [1.165, 1.54) is 0 Å². The van der Waals surface area contributed by atoms with Gasteiger partial charge < -0.3 is 14.4 Å². The molecule has 2 saturated heterocycles. The normalized spacial score (nSPS) is 21.4. The van der Waals surface area contributed by atoms with Crippen LogP contribution in [0.4, 0.5) is 13.2 Å². The number of hydrogen-bond acceptors (Lipinski definition) is 4. The number of rotatable bonds is 4. The van der Waals surface area contributed by atoms with Gasteiger partial charge in [-0.3, -0.25) is 4.79 Å². The summed E-state index contributed by atoms with van der Waals surface area (Å²) in [5, 5.41) is 0. The Balaban J connectivity index is 1.48. The van der Waals surface area contributed by atoms with Crippen molar-refractivity contribution in [3.05, 3.63) is 59.8 Å². The number of aromatic nitrogens is 1. The highest BCUT2D eigenvalue weighted by Gasteiger charge is 2.45. The molecule has 0 saturated carbocycles. The number of hydrogen-bond donors (Lipinski definition) is 0. The van der Waals surface area contributed by atoms with Crippen molar-refractivity contribution in [2.75, 3.05) is 26.3 Å². The van der Waals surface area contributed by atoms with E-state index in [1.54, 1.807) is 4.90 Å². The molecule has 2 fully saturated rings. The highest BCUT2D eigenvalue weighted by Crippen LogP contribution is 2.38. The molecule has 1 atom stereocenters. The summed E-state index contributed by atoms with van der Waals surface area (Å²) in [6.45, 7) is 1.86. The number of carbonyl (C=O) groups is 1. The van der Waals surface area contributed by atoms with Crippen molar-refractivity contribution in [2.45, 2.75) is 37.0 Å². The maximum absolute atomic E-state index is 13.6. The molecule has 5 nitrogen and oxygen atoms in total. The van der Waals surface area contributed by atoms with Gasteiger partial charge in [-0.05, 0) is 24.5 Å². The topological polar surface area (TPSA) is 51.7 Å². The van der Waals surface area contributed by atoms with E-state index < -0.39 is 23.3 Å². The molecule has 0 N–H and O–H groups in total. The first-order valence-corrected chi connectivity index (χ1v) is 10.0. The Kier molecular flexibility index (Phi) is 5.69. The predicted octanol–water partition coefficient (Wildman–Crippen LogP) is 3.83. The monoisotopic (exact) mass is 420 g/mol. The highest BCUT2D eigenvalue weighted by molar-refractivity contribution is 5.88. The van der Waals surface area contributed by atoms with Gasteiger partial charge in [0.05, 0.1) is 17.5 Å². The van der Waals surface area contributed by atoms with E-state index in [9.17, 15) is 18.0 Å². The molecular weight excluding hydrogens is 397 g/mol. The highest BCUT2D eigenvalue weighted by atomic mass is 19.4. The van der Waals surface area contributed by atoms with Gasteiger partial charge in [0.2, 0.25) is 11.8 Å². The zero-order valence-corrected chi connectivity index (χ0v) is 16.4. The molecule has 30 heavy (non-hydrogen) atoms. The Morgan fingerprint density at radius 2 is 1.90 bits per heavy atom. The summed E-state index contributed by atoms with van der Waals surface area (Å²) >= 11 is 0. The number of likely N-dealkylation sites (tertiary alicyclic amines) is 1. The minimum atomic E-state index is -4.45. The second-order valence-electron chi connectivity index (χ2n) is 7.72. The van der Waals surface area contributed by atoms with Gasteiger partial charge in [-0.2, -0.15) is 13.2 Å². The van der Waals surface area contributed by atoms with Crippen LogP contribution in [0.15, 0.2) is 48.7 Å². The molecule has 1 aromatic carbocycles. The van der Waals surface area contributed by atoms with E-state index in [1.807, 2.05) is 30.3 Å². The molecule has 2 aliphatic heterocycles. The molecule has 0 radical (unpaired) electrons. The van der Waals surface area contributed by atoms with Crippen molar-refractivity contribution >= 4 is 5.91 Å². The van der Waals surface area contributed by atoms with Crippen molar-refractivity contribution in [1.82, 2.24) is 9.88 Å². The van der Waals surface area contributed by atoms with Crippen LogP contribution in [0.3, 0.4) is 0 Å². The molecule has 0 bridgehead atoms. The van der Waals surface area contributed by atoms with Crippen LogP contribution in [0, 0.1) is 0 Å². The number of amides is 1. The summed E-state index contributed by atoms with van der Waals surface area (Å²) in [7, 11) is 0. The number of benzene rings is 1. The second kappa shape index (κ2) is 8.26. The lowest BCUT2D eigenvalue weighted by molar-refractivity contribution is -0.140. The van der Waals surface area contributed by atoms with Crippen molar-refractivity contribution in [3.8, 4) is 5.88 Å². The molecule has 1 unspecified atom stereocenters. The Bertz CT molecular complexity index is 883. The van der Waals surface area contributed by atoms with Gasteiger partial charge in [-0.25, -0.2) is 4.98 Å². The first kappa shape index (κ1) is 20.7. The molecule has 8 heteroatoms. The number of halogens is 3. The van der Waals surface area contributed by atoms with Gasteiger partial charge in [0.15, 0.2) is 0 Å². The number of alkyl halides is 3. The van der Waals surface area contributed by atoms with Crippen LogP contribution in [0.5, 0.6) is 5.88 Å². The lowest BCUT2D eigenvalue weighted by Gasteiger charge is -2.39. The van der Waals surface area contributed by atoms with E-state index in [0.717, 1.165) is 23.9 Å². The molecule has 4 rings (SSSR count). The van der Waals surface area contributed by atoms with Crippen molar-refractivity contribution in [1.29, 1.82) is 0 Å². The first-order valence-electron chi connectivity index (χ1n) is 10.0. The van der Waals surface area contributed by atoms with Crippen molar-refractivity contribution < 1.29 is 27.4 Å². The zero-order valence-electron chi connectivity index (χ0n) is 16.4. The van der Waals surface area contributed by atoms with Crippen LogP contribution < -0.4 is 4.74 Å². The van der Waals surface area contributed by atoms with Crippen LogP contribution in [0.25, 0.3) is 0 Å². The van der Waals surface area contributed by atoms with E-state index in [4.69, 9.17) is 9.47 Å². The fourth-order valence-corrected chi connectivity index (χ4v) is 4.24. The zero-order chi connectivity index (χ0) is 21.2. The molecule has 2 aromatic rings. The summed E-state index contributed by atoms with van der Waals surface area (Å²) in [4.78, 5) is 19.2. The predicted molar refractivity (Wildman–Crippen MR) is 103 cm³/mol. The molecule has 0 spiro atoms. The molecule has 3 heterocycles. The number of nitrogens with zero attached hydrogens (tertiary/aromatic N) is 2. The van der Waals surface area contributed by atoms with Crippen molar-refractivity contribution in [2.24, 2.45) is 0 Å². The smallest absolute Gasteiger partial charge is 0.416 e. The van der Waals surface area contributed by atoms with E-state index >= 15 is 0 Å². The van der Waals surface area contributed by atoms with E-state index in [2.05, 4.69) is 4.98 Å². The van der Waals surface area contributed by atoms with Gasteiger partial charge in [-0.1, -0.05) is 30.3 Å². The SMILES string of the molecule is O=C(N1CCC(Oc2cc(C(F)(F)F)ccn2)C1)C1(c2ccccc2)CCOCC1. The van der Waals surface area contributed by atoms with Gasteiger partial charge in [0, 0.05) is 38.4 Å². The maximum Gasteiger partial charge on any atom is 0.416 e. The van der Waals surface area contributed by atoms with Crippen LogP contribution in [0.2, 0.25) is 0 Å². The Labute approximate surface area is 172 Å². The molecule has 1 aromatic heterocycles. The summed E-state index contributed by atoms with van der Waals surface area (Å²) < 4.78 is 49.9. The van der Waals surface area contributed by atoms with E-state index in [0.29, 0.717) is 45.6 Å².